The lowest BCUT2D eigenvalue weighted by Gasteiger charge is -2.18. The molecule has 4 heteroatoms. The molecule has 0 aliphatic carbocycles. The van der Waals surface area contributed by atoms with Crippen molar-refractivity contribution in [1.29, 1.82) is 0 Å². The molecule has 2 aromatic rings. The Bertz CT molecular complexity index is 583. The first-order valence-corrected chi connectivity index (χ1v) is 7.39. The van der Waals surface area contributed by atoms with Gasteiger partial charge in [0.15, 0.2) is 0 Å². The Labute approximate surface area is 129 Å². The Hall–Kier alpha value is -1.58. The lowest BCUT2D eigenvalue weighted by molar-refractivity contribution is 0.294. The van der Waals surface area contributed by atoms with Gasteiger partial charge < -0.3 is 10.1 Å². The Balaban J connectivity index is 2.17. The largest absolute Gasteiger partial charge is 0.488 e. The van der Waals surface area contributed by atoms with E-state index in [0.29, 0.717) is 10.6 Å². The maximum absolute atomic E-state index is 13.8. The molecule has 1 atom stereocenters. The topological polar surface area (TPSA) is 21.3 Å². The molecule has 0 saturated heterocycles. The second kappa shape index (κ2) is 7.43. The zero-order valence-electron chi connectivity index (χ0n) is 12.2. The van der Waals surface area contributed by atoms with Crippen molar-refractivity contribution in [3.8, 4) is 5.75 Å². The third kappa shape index (κ3) is 3.96. The van der Waals surface area contributed by atoms with Crippen LogP contribution in [0.5, 0.6) is 5.75 Å². The predicted octanol–water partition coefficient (Wildman–Crippen LogP) is 4.73. The number of hydrogen-bond donors (Lipinski definition) is 1. The second-order valence-corrected chi connectivity index (χ2v) is 5.21. The molecule has 2 nitrogen and oxygen atoms in total. The molecule has 0 amide bonds. The molecule has 0 heterocycles. The monoisotopic (exact) mass is 307 g/mol. The summed E-state index contributed by atoms with van der Waals surface area (Å²) in [6.07, 6.45) is 0. The summed E-state index contributed by atoms with van der Waals surface area (Å²) in [7, 11) is 0. The van der Waals surface area contributed by atoms with E-state index in [2.05, 4.69) is 19.2 Å². The Morgan fingerprint density at radius 3 is 2.67 bits per heavy atom. The van der Waals surface area contributed by atoms with Crippen molar-refractivity contribution in [3.63, 3.8) is 0 Å². The van der Waals surface area contributed by atoms with Crippen LogP contribution in [-0.2, 0) is 6.61 Å². The summed E-state index contributed by atoms with van der Waals surface area (Å²) in [4.78, 5) is 0. The minimum atomic E-state index is -0.347. The van der Waals surface area contributed by atoms with Crippen molar-refractivity contribution in [1.82, 2.24) is 5.32 Å². The minimum Gasteiger partial charge on any atom is -0.488 e. The maximum Gasteiger partial charge on any atom is 0.131 e. The van der Waals surface area contributed by atoms with Gasteiger partial charge in [0.05, 0.1) is 5.02 Å². The average molecular weight is 308 g/mol. The molecule has 0 radical (unpaired) electrons. The summed E-state index contributed by atoms with van der Waals surface area (Å²) in [5, 5.41) is 3.72. The van der Waals surface area contributed by atoms with Crippen LogP contribution < -0.4 is 10.1 Å². The normalized spacial score (nSPS) is 12.2. The third-order valence-corrected chi connectivity index (χ3v) is 3.68. The molecule has 0 fully saturated rings. The average Bonchev–Trinajstić information content (AvgIpc) is 2.47. The van der Waals surface area contributed by atoms with E-state index in [1.165, 1.54) is 6.07 Å². The highest BCUT2D eigenvalue weighted by Gasteiger charge is 2.12. The van der Waals surface area contributed by atoms with E-state index in [0.717, 1.165) is 17.9 Å². The molecule has 112 valence electrons. The van der Waals surface area contributed by atoms with Gasteiger partial charge in [0, 0.05) is 17.2 Å². The zero-order valence-corrected chi connectivity index (χ0v) is 13.0. The minimum absolute atomic E-state index is 0.112. The lowest BCUT2D eigenvalue weighted by atomic mass is 10.1. The van der Waals surface area contributed by atoms with Crippen molar-refractivity contribution in [2.24, 2.45) is 0 Å². The van der Waals surface area contributed by atoms with Gasteiger partial charge >= 0.3 is 0 Å². The molecule has 0 bridgehead atoms. The van der Waals surface area contributed by atoms with Gasteiger partial charge in [-0.2, -0.15) is 0 Å². The van der Waals surface area contributed by atoms with E-state index in [9.17, 15) is 4.39 Å². The first kappa shape index (κ1) is 15.8. The van der Waals surface area contributed by atoms with Crippen molar-refractivity contribution in [3.05, 3.63) is 64.4 Å². The van der Waals surface area contributed by atoms with Gasteiger partial charge in [0.25, 0.3) is 0 Å². The highest BCUT2D eigenvalue weighted by molar-refractivity contribution is 6.31. The van der Waals surface area contributed by atoms with Crippen molar-refractivity contribution in [2.45, 2.75) is 26.5 Å². The highest BCUT2D eigenvalue weighted by atomic mass is 35.5. The van der Waals surface area contributed by atoms with Gasteiger partial charge in [0.1, 0.15) is 18.2 Å². The first-order chi connectivity index (χ1) is 10.1. The van der Waals surface area contributed by atoms with E-state index in [1.54, 1.807) is 12.1 Å². The van der Waals surface area contributed by atoms with E-state index in [-0.39, 0.29) is 18.5 Å². The standard InChI is InChI=1S/C17H19ClFNO/c1-3-20-12(2)13-7-4-5-10-17(13)21-11-14-15(18)8-6-9-16(14)19/h4-10,12,20H,3,11H2,1-2H3. The maximum atomic E-state index is 13.8. The van der Waals surface area contributed by atoms with Gasteiger partial charge in [-0.15, -0.1) is 0 Å². The van der Waals surface area contributed by atoms with Gasteiger partial charge in [-0.1, -0.05) is 42.8 Å². The highest BCUT2D eigenvalue weighted by Crippen LogP contribution is 2.27. The van der Waals surface area contributed by atoms with E-state index < -0.39 is 0 Å². The zero-order chi connectivity index (χ0) is 15.2. The first-order valence-electron chi connectivity index (χ1n) is 7.01. The molecule has 0 aliphatic heterocycles. The molecule has 0 spiro atoms. The Morgan fingerprint density at radius 2 is 1.95 bits per heavy atom. The van der Waals surface area contributed by atoms with Crippen molar-refractivity contribution in [2.75, 3.05) is 6.54 Å². The number of nitrogens with one attached hydrogen (secondary N) is 1. The van der Waals surface area contributed by atoms with Gasteiger partial charge in [-0.25, -0.2) is 4.39 Å². The number of ether oxygens (including phenoxy) is 1. The number of halogens is 2. The fourth-order valence-electron chi connectivity index (χ4n) is 2.21. The van der Waals surface area contributed by atoms with Crippen LogP contribution in [0.2, 0.25) is 5.02 Å². The molecule has 0 aromatic heterocycles. The molecular formula is C17H19ClFNO. The molecule has 1 N–H and O–H groups in total. The van der Waals surface area contributed by atoms with Crippen molar-refractivity contribution >= 4 is 11.6 Å². The quantitative estimate of drug-likeness (QED) is 0.833. The van der Waals surface area contributed by atoms with Gasteiger partial charge in [0.2, 0.25) is 0 Å². The van der Waals surface area contributed by atoms with Gasteiger partial charge in [-0.3, -0.25) is 0 Å². The van der Waals surface area contributed by atoms with E-state index >= 15 is 0 Å². The van der Waals surface area contributed by atoms with Crippen LogP contribution in [0.25, 0.3) is 0 Å². The van der Waals surface area contributed by atoms with Crippen molar-refractivity contribution < 1.29 is 9.13 Å². The smallest absolute Gasteiger partial charge is 0.131 e. The van der Waals surface area contributed by atoms with E-state index in [4.69, 9.17) is 16.3 Å². The summed E-state index contributed by atoms with van der Waals surface area (Å²) >= 11 is 6.02. The van der Waals surface area contributed by atoms with Crippen LogP contribution in [0.4, 0.5) is 4.39 Å². The summed E-state index contributed by atoms with van der Waals surface area (Å²) in [5.74, 6) is 0.394. The van der Waals surface area contributed by atoms with Crippen LogP contribution >= 0.6 is 11.6 Å². The fourth-order valence-corrected chi connectivity index (χ4v) is 2.42. The molecule has 21 heavy (non-hydrogen) atoms. The Morgan fingerprint density at radius 1 is 1.19 bits per heavy atom. The molecular weight excluding hydrogens is 289 g/mol. The number of para-hydroxylation sites is 1. The number of benzene rings is 2. The summed E-state index contributed by atoms with van der Waals surface area (Å²) in [5.41, 5.74) is 1.43. The molecule has 2 aromatic carbocycles. The van der Waals surface area contributed by atoms with E-state index in [1.807, 2.05) is 24.3 Å². The van der Waals surface area contributed by atoms with Crippen LogP contribution in [0.15, 0.2) is 42.5 Å². The number of rotatable bonds is 6. The molecule has 0 aliphatic rings. The Kier molecular flexibility index (Phi) is 5.59. The second-order valence-electron chi connectivity index (χ2n) is 4.81. The molecule has 2 rings (SSSR count). The van der Waals surface area contributed by atoms with Crippen LogP contribution in [0, 0.1) is 5.82 Å². The van der Waals surface area contributed by atoms with Gasteiger partial charge in [-0.05, 0) is 31.7 Å². The molecule has 1 unspecified atom stereocenters. The lowest BCUT2D eigenvalue weighted by Crippen LogP contribution is -2.18. The van der Waals surface area contributed by atoms with Crippen LogP contribution in [0.3, 0.4) is 0 Å². The predicted molar refractivity (Wildman–Crippen MR) is 84.3 cm³/mol. The van der Waals surface area contributed by atoms with Crippen LogP contribution in [-0.4, -0.2) is 6.54 Å². The SMILES string of the molecule is CCNC(C)c1ccccc1OCc1c(F)cccc1Cl. The summed E-state index contributed by atoms with van der Waals surface area (Å²) in [6.45, 7) is 5.11. The van der Waals surface area contributed by atoms with Crippen LogP contribution in [0.1, 0.15) is 31.0 Å². The summed E-state index contributed by atoms with van der Waals surface area (Å²) in [6, 6.07) is 12.6. The molecule has 0 saturated carbocycles. The summed E-state index contributed by atoms with van der Waals surface area (Å²) < 4.78 is 19.5. The number of hydrogen-bond acceptors (Lipinski definition) is 2. The third-order valence-electron chi connectivity index (χ3n) is 3.33. The fraction of sp³-hybridized carbons (Fsp3) is 0.294.